The first-order valence-electron chi connectivity index (χ1n) is 6.83. The van der Waals surface area contributed by atoms with Gasteiger partial charge in [0.15, 0.2) is 0 Å². The van der Waals surface area contributed by atoms with E-state index < -0.39 is 0 Å². The van der Waals surface area contributed by atoms with Gasteiger partial charge in [-0.1, -0.05) is 44.7 Å². The Bertz CT molecular complexity index is 313. The van der Waals surface area contributed by atoms with Crippen LogP contribution in [-0.4, -0.2) is 13.2 Å². The molecule has 0 fully saturated rings. The Kier molecular flexibility index (Phi) is 7.62. The Hall–Kier alpha value is -0.930. The lowest BCUT2D eigenvalue weighted by Gasteiger charge is -2.12. The Labute approximate surface area is 109 Å². The molecule has 0 radical (unpaired) electrons. The van der Waals surface area contributed by atoms with E-state index in [1.807, 2.05) is 0 Å². The van der Waals surface area contributed by atoms with Gasteiger partial charge in [0.05, 0.1) is 12.6 Å². The van der Waals surface area contributed by atoms with Crippen molar-refractivity contribution in [3.8, 4) is 0 Å². The van der Waals surface area contributed by atoms with E-state index in [-0.39, 0.29) is 11.9 Å². The lowest BCUT2D eigenvalue weighted by Crippen LogP contribution is -2.17. The monoisotopic (exact) mass is 253 g/mol. The number of unbranched alkanes of at least 4 members (excludes halogenated alkanes) is 4. The molecule has 0 aromatic heterocycles. The largest absolute Gasteiger partial charge is 0.379 e. The van der Waals surface area contributed by atoms with Gasteiger partial charge in [0.25, 0.3) is 0 Å². The lowest BCUT2D eigenvalue weighted by atomic mass is 10.1. The number of hydrogen-bond donors (Lipinski definition) is 1. The molecule has 18 heavy (non-hydrogen) atoms. The number of nitrogens with two attached hydrogens (primary N) is 1. The normalized spacial score (nSPS) is 12.6. The first kappa shape index (κ1) is 15.1. The van der Waals surface area contributed by atoms with Gasteiger partial charge >= 0.3 is 0 Å². The van der Waals surface area contributed by atoms with Gasteiger partial charge < -0.3 is 10.5 Å². The maximum atomic E-state index is 12.7. The van der Waals surface area contributed by atoms with E-state index in [4.69, 9.17) is 10.5 Å². The van der Waals surface area contributed by atoms with Crippen molar-refractivity contribution in [3.63, 3.8) is 0 Å². The highest BCUT2D eigenvalue weighted by Gasteiger charge is 2.05. The summed E-state index contributed by atoms with van der Waals surface area (Å²) in [6, 6.07) is 6.12. The van der Waals surface area contributed by atoms with Crippen LogP contribution in [0.15, 0.2) is 24.3 Å². The molecule has 0 spiro atoms. The fourth-order valence-electron chi connectivity index (χ4n) is 1.82. The van der Waals surface area contributed by atoms with Crippen LogP contribution in [0.25, 0.3) is 0 Å². The fraction of sp³-hybridized carbons (Fsp3) is 0.600. The van der Waals surface area contributed by atoms with E-state index in [1.54, 1.807) is 12.1 Å². The van der Waals surface area contributed by atoms with Crippen molar-refractivity contribution in [1.29, 1.82) is 0 Å². The minimum atomic E-state index is -0.234. The molecule has 0 bridgehead atoms. The third kappa shape index (κ3) is 6.12. The summed E-state index contributed by atoms with van der Waals surface area (Å²) in [6.45, 7) is 3.47. The summed E-state index contributed by atoms with van der Waals surface area (Å²) in [5.41, 5.74) is 6.88. The molecule has 1 atom stereocenters. The number of halogens is 1. The van der Waals surface area contributed by atoms with Gasteiger partial charge in [0, 0.05) is 6.61 Å². The predicted octanol–water partition coefficient (Wildman–Crippen LogP) is 3.81. The average Bonchev–Trinajstić information content (AvgIpc) is 2.38. The Balaban J connectivity index is 2.10. The Morgan fingerprint density at radius 2 is 1.78 bits per heavy atom. The van der Waals surface area contributed by atoms with E-state index in [1.165, 1.54) is 37.8 Å². The van der Waals surface area contributed by atoms with Gasteiger partial charge in [-0.25, -0.2) is 4.39 Å². The van der Waals surface area contributed by atoms with Crippen molar-refractivity contribution < 1.29 is 9.13 Å². The zero-order valence-corrected chi connectivity index (χ0v) is 11.2. The minimum Gasteiger partial charge on any atom is -0.379 e. The average molecular weight is 253 g/mol. The van der Waals surface area contributed by atoms with Crippen LogP contribution in [0.2, 0.25) is 0 Å². The second-order valence-corrected chi connectivity index (χ2v) is 4.65. The van der Waals surface area contributed by atoms with Crippen LogP contribution < -0.4 is 5.73 Å². The first-order chi connectivity index (χ1) is 8.74. The summed E-state index contributed by atoms with van der Waals surface area (Å²) in [5.74, 6) is -0.234. The molecule has 0 saturated carbocycles. The Morgan fingerprint density at radius 1 is 1.11 bits per heavy atom. The topological polar surface area (TPSA) is 35.2 Å². The lowest BCUT2D eigenvalue weighted by molar-refractivity contribution is 0.117. The molecule has 3 heteroatoms. The van der Waals surface area contributed by atoms with Crippen molar-refractivity contribution in [2.75, 3.05) is 13.2 Å². The van der Waals surface area contributed by atoms with Crippen molar-refractivity contribution in [2.45, 2.75) is 45.1 Å². The van der Waals surface area contributed by atoms with Gasteiger partial charge in [-0.15, -0.1) is 0 Å². The summed E-state index contributed by atoms with van der Waals surface area (Å²) in [4.78, 5) is 0. The van der Waals surface area contributed by atoms with Gasteiger partial charge in [-0.2, -0.15) is 0 Å². The quantitative estimate of drug-likeness (QED) is 0.679. The molecule has 1 unspecified atom stereocenters. The number of rotatable bonds is 9. The molecule has 0 amide bonds. The molecule has 102 valence electrons. The SMILES string of the molecule is CCCCCCCOCC(N)c1ccc(F)cc1. The van der Waals surface area contributed by atoms with E-state index in [2.05, 4.69) is 6.92 Å². The highest BCUT2D eigenvalue weighted by atomic mass is 19.1. The number of ether oxygens (including phenoxy) is 1. The van der Waals surface area contributed by atoms with Crippen LogP contribution in [0.3, 0.4) is 0 Å². The molecule has 1 aromatic carbocycles. The summed E-state index contributed by atoms with van der Waals surface area (Å²) in [7, 11) is 0. The standard InChI is InChI=1S/C15H24FNO/c1-2-3-4-5-6-11-18-12-15(17)13-7-9-14(16)10-8-13/h7-10,15H,2-6,11-12,17H2,1H3. The van der Waals surface area contributed by atoms with Gasteiger partial charge in [-0.3, -0.25) is 0 Å². The smallest absolute Gasteiger partial charge is 0.123 e. The molecule has 1 rings (SSSR count). The van der Waals surface area contributed by atoms with Gasteiger partial charge in [0.2, 0.25) is 0 Å². The van der Waals surface area contributed by atoms with Gasteiger partial charge in [-0.05, 0) is 24.1 Å². The highest BCUT2D eigenvalue weighted by molar-refractivity contribution is 5.19. The minimum absolute atomic E-state index is 0.166. The number of hydrogen-bond acceptors (Lipinski definition) is 2. The van der Waals surface area contributed by atoms with Crippen LogP contribution in [0, 0.1) is 5.82 Å². The van der Waals surface area contributed by atoms with Crippen molar-refractivity contribution in [1.82, 2.24) is 0 Å². The van der Waals surface area contributed by atoms with Crippen LogP contribution in [0.1, 0.15) is 50.6 Å². The van der Waals surface area contributed by atoms with Crippen LogP contribution in [0.4, 0.5) is 4.39 Å². The van der Waals surface area contributed by atoms with E-state index in [0.29, 0.717) is 6.61 Å². The maximum absolute atomic E-state index is 12.7. The zero-order chi connectivity index (χ0) is 13.2. The zero-order valence-electron chi connectivity index (χ0n) is 11.2. The van der Waals surface area contributed by atoms with E-state index in [9.17, 15) is 4.39 Å². The predicted molar refractivity (Wildman–Crippen MR) is 72.9 cm³/mol. The van der Waals surface area contributed by atoms with Crippen LogP contribution >= 0.6 is 0 Å². The first-order valence-corrected chi connectivity index (χ1v) is 6.83. The van der Waals surface area contributed by atoms with Crippen molar-refractivity contribution in [2.24, 2.45) is 5.73 Å². The molecule has 2 N–H and O–H groups in total. The third-order valence-electron chi connectivity index (χ3n) is 2.99. The molecule has 0 aliphatic rings. The van der Waals surface area contributed by atoms with Crippen molar-refractivity contribution in [3.05, 3.63) is 35.6 Å². The number of benzene rings is 1. The van der Waals surface area contributed by atoms with Crippen LogP contribution in [0.5, 0.6) is 0 Å². The molecule has 2 nitrogen and oxygen atoms in total. The molecular formula is C15H24FNO. The maximum Gasteiger partial charge on any atom is 0.123 e. The second kappa shape index (κ2) is 9.06. The summed E-state index contributed by atoms with van der Waals surface area (Å²) < 4.78 is 18.3. The summed E-state index contributed by atoms with van der Waals surface area (Å²) in [5, 5.41) is 0. The summed E-state index contributed by atoms with van der Waals surface area (Å²) in [6.07, 6.45) is 6.16. The molecular weight excluding hydrogens is 229 g/mol. The molecule has 0 heterocycles. The highest BCUT2D eigenvalue weighted by Crippen LogP contribution is 2.11. The van der Waals surface area contributed by atoms with Gasteiger partial charge in [0.1, 0.15) is 5.82 Å². The van der Waals surface area contributed by atoms with Crippen molar-refractivity contribution >= 4 is 0 Å². The molecule has 1 aromatic rings. The van der Waals surface area contributed by atoms with E-state index >= 15 is 0 Å². The molecule has 0 aliphatic carbocycles. The van der Waals surface area contributed by atoms with E-state index in [0.717, 1.165) is 18.6 Å². The fourth-order valence-corrected chi connectivity index (χ4v) is 1.82. The van der Waals surface area contributed by atoms with Crippen LogP contribution in [-0.2, 0) is 4.74 Å². The summed E-state index contributed by atoms with van der Waals surface area (Å²) >= 11 is 0. The Morgan fingerprint density at radius 3 is 2.44 bits per heavy atom. The molecule has 0 saturated heterocycles. The molecule has 0 aliphatic heterocycles. The second-order valence-electron chi connectivity index (χ2n) is 4.65. The third-order valence-corrected chi connectivity index (χ3v) is 2.99.